The monoisotopic (exact) mass is 400 g/mol. The fraction of sp³-hybridized carbons (Fsp3) is 0.520. The van der Waals surface area contributed by atoms with Crippen LogP contribution in [0.4, 0.5) is 0 Å². The molecule has 0 saturated carbocycles. The van der Waals surface area contributed by atoms with Crippen LogP contribution in [0, 0.1) is 0 Å². The van der Waals surface area contributed by atoms with E-state index < -0.39 is 0 Å². The lowest BCUT2D eigenvalue weighted by Gasteiger charge is -2.26. The Morgan fingerprint density at radius 3 is 1.93 bits per heavy atom. The highest BCUT2D eigenvalue weighted by atomic mass is 31.1. The molecule has 0 aliphatic heterocycles. The minimum atomic E-state index is -0.0187. The topological polar surface area (TPSA) is 18.5 Å². The quantitative estimate of drug-likeness (QED) is 0.236. The van der Waals surface area contributed by atoms with Crippen LogP contribution < -0.4 is 4.52 Å². The van der Waals surface area contributed by atoms with Gasteiger partial charge in [0.15, 0.2) is 0 Å². The Hall–Kier alpha value is -1.37. The predicted molar refractivity (Wildman–Crippen MR) is 123 cm³/mol. The number of benzene rings is 2. The van der Waals surface area contributed by atoms with E-state index in [0.29, 0.717) is 0 Å². The van der Waals surface area contributed by atoms with Crippen molar-refractivity contribution in [2.45, 2.75) is 77.6 Å². The molecular formula is C25H37O2P. The molecule has 0 N–H and O–H groups in total. The molecule has 2 rings (SSSR count). The Morgan fingerprint density at radius 2 is 1.29 bits per heavy atom. The third kappa shape index (κ3) is 7.94. The molecule has 0 aromatic heterocycles. The van der Waals surface area contributed by atoms with Gasteiger partial charge < -0.3 is 9.05 Å². The van der Waals surface area contributed by atoms with E-state index in [-0.39, 0.29) is 14.4 Å². The van der Waals surface area contributed by atoms with Gasteiger partial charge in [0.2, 0.25) is 9.03 Å². The van der Waals surface area contributed by atoms with Crippen LogP contribution in [-0.2, 0) is 9.94 Å². The maximum absolute atomic E-state index is 5.76. The molecule has 2 aromatic rings. The molecule has 0 amide bonds. The number of hydrogen-bond donors (Lipinski definition) is 0. The van der Waals surface area contributed by atoms with Crippen molar-refractivity contribution < 1.29 is 9.05 Å². The van der Waals surface area contributed by atoms with Crippen molar-refractivity contribution in [2.75, 3.05) is 6.61 Å². The van der Waals surface area contributed by atoms with Crippen LogP contribution in [-0.4, -0.2) is 6.61 Å². The first-order valence-electron chi connectivity index (χ1n) is 10.8. The fourth-order valence-corrected chi connectivity index (χ4v) is 3.91. The predicted octanol–water partition coefficient (Wildman–Crippen LogP) is 8.06. The first-order chi connectivity index (χ1) is 13.6. The maximum atomic E-state index is 5.76. The van der Waals surface area contributed by atoms with Gasteiger partial charge in [0.05, 0.1) is 6.61 Å². The lowest BCUT2D eigenvalue weighted by Crippen LogP contribution is -2.18. The van der Waals surface area contributed by atoms with E-state index in [2.05, 4.69) is 63.2 Å². The van der Waals surface area contributed by atoms with Crippen LogP contribution in [0.25, 0.3) is 0 Å². The van der Waals surface area contributed by atoms with Crippen LogP contribution in [0.1, 0.15) is 83.3 Å². The van der Waals surface area contributed by atoms with Crippen molar-refractivity contribution >= 4 is 9.03 Å². The second-order valence-corrected chi connectivity index (χ2v) is 8.68. The molecule has 0 fully saturated rings. The zero-order valence-corrected chi connectivity index (χ0v) is 18.9. The summed E-state index contributed by atoms with van der Waals surface area (Å²) in [5, 5.41) is 0. The highest BCUT2D eigenvalue weighted by Crippen LogP contribution is 2.33. The van der Waals surface area contributed by atoms with E-state index in [1.165, 1.54) is 56.1 Å². The van der Waals surface area contributed by atoms with E-state index in [1.807, 2.05) is 12.1 Å². The van der Waals surface area contributed by atoms with Gasteiger partial charge >= 0.3 is 0 Å². The van der Waals surface area contributed by atoms with Gasteiger partial charge in [0.1, 0.15) is 5.75 Å². The van der Waals surface area contributed by atoms with Crippen molar-refractivity contribution in [3.8, 4) is 5.75 Å². The molecule has 2 nitrogen and oxygen atoms in total. The summed E-state index contributed by atoms with van der Waals surface area (Å²) >= 11 is 0. The zero-order valence-electron chi connectivity index (χ0n) is 17.9. The Kier molecular flexibility index (Phi) is 10.6. The summed E-state index contributed by atoms with van der Waals surface area (Å²) in [5.41, 5.74) is 2.59. The SMILES string of the molecule is CCCCCCCCCCOPOc1ccc(C(C)(C)c2ccccc2)cc1. The zero-order chi connectivity index (χ0) is 20.1. The van der Waals surface area contributed by atoms with E-state index in [9.17, 15) is 0 Å². The average Bonchev–Trinajstić information content (AvgIpc) is 2.73. The number of rotatable bonds is 14. The Balaban J connectivity index is 1.62. The van der Waals surface area contributed by atoms with Crippen molar-refractivity contribution in [3.05, 3.63) is 65.7 Å². The van der Waals surface area contributed by atoms with Crippen molar-refractivity contribution in [1.29, 1.82) is 0 Å². The summed E-state index contributed by atoms with van der Waals surface area (Å²) in [5.74, 6) is 0.877. The summed E-state index contributed by atoms with van der Waals surface area (Å²) in [6.45, 7) is 7.58. The second-order valence-electron chi connectivity index (χ2n) is 8.02. The summed E-state index contributed by atoms with van der Waals surface area (Å²) in [4.78, 5) is 0. The van der Waals surface area contributed by atoms with Crippen molar-refractivity contribution in [1.82, 2.24) is 0 Å². The third-order valence-electron chi connectivity index (χ3n) is 5.39. The maximum Gasteiger partial charge on any atom is 0.215 e. The van der Waals surface area contributed by atoms with Gasteiger partial charge in [-0.25, -0.2) is 0 Å². The molecule has 0 saturated heterocycles. The molecular weight excluding hydrogens is 363 g/mol. The van der Waals surface area contributed by atoms with Gasteiger partial charge in [-0.3, -0.25) is 0 Å². The molecule has 154 valence electrons. The first-order valence-corrected chi connectivity index (χ1v) is 11.7. The Morgan fingerprint density at radius 1 is 0.714 bits per heavy atom. The molecule has 1 unspecified atom stereocenters. The van der Waals surface area contributed by atoms with Crippen LogP contribution in [0.5, 0.6) is 5.75 Å². The van der Waals surface area contributed by atoms with Gasteiger partial charge in [-0.2, -0.15) is 0 Å². The van der Waals surface area contributed by atoms with Crippen LogP contribution in [0.15, 0.2) is 54.6 Å². The fourth-order valence-electron chi connectivity index (χ4n) is 3.39. The third-order valence-corrected chi connectivity index (χ3v) is 6.03. The number of unbranched alkanes of at least 4 members (excludes halogenated alkanes) is 7. The molecule has 0 spiro atoms. The largest absolute Gasteiger partial charge is 0.450 e. The summed E-state index contributed by atoms with van der Waals surface area (Å²) in [6, 6.07) is 19.0. The number of hydrogen-bond acceptors (Lipinski definition) is 2. The molecule has 0 radical (unpaired) electrons. The second kappa shape index (κ2) is 13.0. The van der Waals surface area contributed by atoms with E-state index >= 15 is 0 Å². The smallest absolute Gasteiger partial charge is 0.215 e. The van der Waals surface area contributed by atoms with Crippen LogP contribution >= 0.6 is 9.03 Å². The van der Waals surface area contributed by atoms with Crippen LogP contribution in [0.3, 0.4) is 0 Å². The molecule has 3 heteroatoms. The van der Waals surface area contributed by atoms with Gasteiger partial charge in [0.25, 0.3) is 0 Å². The first kappa shape index (κ1) is 22.9. The van der Waals surface area contributed by atoms with Gasteiger partial charge in [0, 0.05) is 5.41 Å². The standard InChI is InChI=1S/C25H37O2P/c1-4-5-6-7-8-9-10-14-21-26-28-27-24-19-17-23(18-20-24)25(2,3)22-15-12-11-13-16-22/h11-13,15-20,28H,4-10,14,21H2,1-3H3. The minimum absolute atomic E-state index is 0.0187. The molecule has 0 heterocycles. The Bertz CT molecular complexity index is 637. The summed E-state index contributed by atoms with van der Waals surface area (Å²) in [7, 11) is 0.0780. The molecule has 0 bridgehead atoms. The highest BCUT2D eigenvalue weighted by Gasteiger charge is 2.22. The lowest BCUT2D eigenvalue weighted by atomic mass is 9.78. The molecule has 0 aliphatic carbocycles. The molecule has 0 aliphatic rings. The molecule has 2 aromatic carbocycles. The van der Waals surface area contributed by atoms with Gasteiger partial charge in [-0.15, -0.1) is 0 Å². The normalized spacial score (nSPS) is 12.0. The molecule has 28 heavy (non-hydrogen) atoms. The van der Waals surface area contributed by atoms with E-state index in [1.54, 1.807) is 0 Å². The van der Waals surface area contributed by atoms with Crippen LogP contribution in [0.2, 0.25) is 0 Å². The van der Waals surface area contributed by atoms with Gasteiger partial charge in [-0.1, -0.05) is 108 Å². The summed E-state index contributed by atoms with van der Waals surface area (Å²) in [6.07, 6.45) is 10.6. The average molecular weight is 401 g/mol. The summed E-state index contributed by atoms with van der Waals surface area (Å²) < 4.78 is 11.4. The van der Waals surface area contributed by atoms with Crippen molar-refractivity contribution in [2.24, 2.45) is 0 Å². The molecule has 1 atom stereocenters. The van der Waals surface area contributed by atoms with E-state index in [4.69, 9.17) is 9.05 Å². The van der Waals surface area contributed by atoms with Crippen molar-refractivity contribution in [3.63, 3.8) is 0 Å². The lowest BCUT2D eigenvalue weighted by molar-refractivity contribution is 0.316. The van der Waals surface area contributed by atoms with E-state index in [0.717, 1.165) is 18.8 Å². The Labute approximate surface area is 174 Å². The van der Waals surface area contributed by atoms with Gasteiger partial charge in [-0.05, 0) is 29.7 Å². The minimum Gasteiger partial charge on any atom is -0.450 e. The highest BCUT2D eigenvalue weighted by molar-refractivity contribution is 7.26.